The van der Waals surface area contributed by atoms with Crippen LogP contribution in [0.5, 0.6) is 0 Å². The van der Waals surface area contributed by atoms with Crippen LogP contribution in [-0.2, 0) is 19.6 Å². The first-order valence-electron chi connectivity index (χ1n) is 13.1. The number of benzene rings is 2. The second kappa shape index (κ2) is 8.68. The molecule has 0 spiro atoms. The molecule has 3 aromatic heterocycles. The predicted molar refractivity (Wildman–Crippen MR) is 153 cm³/mol. The van der Waals surface area contributed by atoms with Crippen molar-refractivity contribution in [2.45, 2.75) is 45.9 Å². The molecule has 39 heavy (non-hydrogen) atoms. The van der Waals surface area contributed by atoms with Crippen LogP contribution in [0.3, 0.4) is 0 Å². The number of pyridine rings is 2. The highest BCUT2D eigenvalue weighted by Gasteiger charge is 2.26. The molecule has 0 saturated heterocycles. The Hall–Kier alpha value is -4.17. The number of carbonyl (C=O) groups excluding carboxylic acids is 1. The van der Waals surface area contributed by atoms with Gasteiger partial charge in [0.05, 0.1) is 17.6 Å². The number of anilines is 1. The third-order valence-electron chi connectivity index (χ3n) is 7.94. The molecule has 1 atom stereocenters. The van der Waals surface area contributed by atoms with E-state index in [2.05, 4.69) is 28.4 Å². The fraction of sp³-hybridized carbons (Fsp3) is 0.267. The van der Waals surface area contributed by atoms with Gasteiger partial charge in [-0.15, -0.1) is 0 Å². The maximum atomic E-state index is 13.6. The number of halogens is 1. The Morgan fingerprint density at radius 2 is 1.90 bits per heavy atom. The van der Waals surface area contributed by atoms with Crippen LogP contribution >= 0.6 is 11.6 Å². The lowest BCUT2D eigenvalue weighted by Crippen LogP contribution is -2.27. The van der Waals surface area contributed by atoms with E-state index >= 15 is 0 Å². The fourth-order valence-corrected chi connectivity index (χ4v) is 6.30. The Morgan fingerprint density at radius 3 is 2.74 bits per heavy atom. The smallest absolute Gasteiger partial charge is 0.260 e. The molecule has 2 aliphatic rings. The van der Waals surface area contributed by atoms with E-state index in [1.54, 1.807) is 18.0 Å². The Labute approximate surface area is 229 Å². The highest BCUT2D eigenvalue weighted by molar-refractivity contribution is 6.29. The Bertz CT molecular complexity index is 1910. The van der Waals surface area contributed by atoms with Crippen molar-refractivity contribution < 1.29 is 4.79 Å². The van der Waals surface area contributed by atoms with Gasteiger partial charge < -0.3 is 10.2 Å². The Kier molecular flexibility index (Phi) is 5.32. The van der Waals surface area contributed by atoms with Crippen molar-refractivity contribution in [3.8, 4) is 11.3 Å². The molecule has 5 heterocycles. The van der Waals surface area contributed by atoms with E-state index in [0.29, 0.717) is 23.9 Å². The number of fused-ring (bicyclic) bond motifs is 3. The topological polar surface area (TPSA) is 85.1 Å². The summed E-state index contributed by atoms with van der Waals surface area (Å²) in [6.45, 7) is 6.20. The summed E-state index contributed by atoms with van der Waals surface area (Å²) in [5.74, 6) is 0.0299. The first-order chi connectivity index (χ1) is 18.8. The van der Waals surface area contributed by atoms with Gasteiger partial charge in [0.1, 0.15) is 10.8 Å². The van der Waals surface area contributed by atoms with Gasteiger partial charge in [-0.05, 0) is 67.3 Å². The molecule has 8 nitrogen and oxygen atoms in total. The molecular weight excluding hydrogens is 512 g/mol. The van der Waals surface area contributed by atoms with E-state index < -0.39 is 0 Å². The number of nitrogens with zero attached hydrogens (tertiary/aromatic N) is 5. The summed E-state index contributed by atoms with van der Waals surface area (Å²) in [6.07, 6.45) is 2.79. The van der Waals surface area contributed by atoms with Crippen LogP contribution in [0.1, 0.15) is 46.4 Å². The summed E-state index contributed by atoms with van der Waals surface area (Å²) < 4.78 is 3.81. The number of rotatable bonds is 4. The van der Waals surface area contributed by atoms with Crippen molar-refractivity contribution in [2.24, 2.45) is 0 Å². The molecule has 9 heteroatoms. The molecule has 2 aromatic carbocycles. The number of hydrogen-bond acceptors (Lipinski definition) is 5. The number of carbonyl (C=O) groups is 1. The van der Waals surface area contributed by atoms with Gasteiger partial charge in [0, 0.05) is 60.0 Å². The van der Waals surface area contributed by atoms with Gasteiger partial charge >= 0.3 is 0 Å². The van der Waals surface area contributed by atoms with Crippen molar-refractivity contribution in [3.05, 3.63) is 86.4 Å². The first kappa shape index (κ1) is 23.9. The van der Waals surface area contributed by atoms with E-state index in [1.165, 1.54) is 0 Å². The lowest BCUT2D eigenvalue weighted by atomic mass is 9.95. The Balaban J connectivity index is 1.35. The molecule has 196 valence electrons. The van der Waals surface area contributed by atoms with Crippen molar-refractivity contribution >= 4 is 45.0 Å². The van der Waals surface area contributed by atoms with E-state index in [1.807, 2.05) is 52.7 Å². The van der Waals surface area contributed by atoms with Gasteiger partial charge in [0.15, 0.2) is 0 Å². The highest BCUT2D eigenvalue weighted by atomic mass is 35.5. The van der Waals surface area contributed by atoms with Crippen LogP contribution in [-0.4, -0.2) is 37.2 Å². The fourth-order valence-electron chi connectivity index (χ4n) is 6.15. The van der Waals surface area contributed by atoms with E-state index in [-0.39, 0.29) is 17.5 Å². The molecule has 2 aliphatic heterocycles. The highest BCUT2D eigenvalue weighted by Crippen LogP contribution is 2.37. The summed E-state index contributed by atoms with van der Waals surface area (Å²) in [4.78, 5) is 32.4. The number of amides is 1. The van der Waals surface area contributed by atoms with E-state index in [9.17, 15) is 9.59 Å². The zero-order valence-corrected chi connectivity index (χ0v) is 22.7. The van der Waals surface area contributed by atoms with Gasteiger partial charge in [-0.3, -0.25) is 14.2 Å². The minimum absolute atomic E-state index is 0.0299. The molecular formula is C30H27ClN6O2. The van der Waals surface area contributed by atoms with Crippen LogP contribution in [0.15, 0.2) is 53.5 Å². The molecule has 1 amide bonds. The molecule has 0 radical (unpaired) electrons. The van der Waals surface area contributed by atoms with Crippen LogP contribution in [0.4, 0.5) is 5.69 Å². The standard InChI is InChI=1S/C30H27ClN6O2/c1-16-11-21(26-22(12-16)30(39)36-9-4-10-37-28(36)23(26)14-32-37)17(2)33-24-7-8-25(31)34-27(24)18-5-6-20-19(13-18)15-35(3)29(20)38/h5-8,11-14,17,33H,4,9-10,15H2,1-3H3. The van der Waals surface area contributed by atoms with Gasteiger partial charge in [-0.2, -0.15) is 5.10 Å². The molecule has 0 bridgehead atoms. The Morgan fingerprint density at radius 1 is 1.05 bits per heavy atom. The minimum Gasteiger partial charge on any atom is -0.377 e. The quantitative estimate of drug-likeness (QED) is 0.304. The lowest BCUT2D eigenvalue weighted by molar-refractivity contribution is 0.0816. The average molecular weight is 539 g/mol. The largest absolute Gasteiger partial charge is 0.377 e. The maximum absolute atomic E-state index is 13.6. The lowest BCUT2D eigenvalue weighted by Gasteiger charge is -2.23. The maximum Gasteiger partial charge on any atom is 0.260 e. The predicted octanol–water partition coefficient (Wildman–Crippen LogP) is 5.54. The van der Waals surface area contributed by atoms with Gasteiger partial charge in [-0.1, -0.05) is 23.7 Å². The molecule has 0 fully saturated rings. The monoisotopic (exact) mass is 538 g/mol. The molecule has 7 rings (SSSR count). The summed E-state index contributed by atoms with van der Waals surface area (Å²) in [7, 11) is 1.80. The second-order valence-electron chi connectivity index (χ2n) is 10.6. The van der Waals surface area contributed by atoms with Crippen molar-refractivity contribution in [2.75, 3.05) is 12.4 Å². The summed E-state index contributed by atoms with van der Waals surface area (Å²) >= 11 is 6.35. The van der Waals surface area contributed by atoms with Gasteiger partial charge in [0.25, 0.3) is 11.5 Å². The summed E-state index contributed by atoms with van der Waals surface area (Å²) in [5.41, 5.74) is 7.10. The zero-order chi connectivity index (χ0) is 27.0. The van der Waals surface area contributed by atoms with Crippen LogP contribution in [0.25, 0.3) is 33.1 Å². The van der Waals surface area contributed by atoms with Gasteiger partial charge in [-0.25, -0.2) is 9.67 Å². The minimum atomic E-state index is -0.152. The second-order valence-corrected chi connectivity index (χ2v) is 11.0. The molecule has 5 aromatic rings. The number of hydrogen-bond donors (Lipinski definition) is 1. The van der Waals surface area contributed by atoms with Gasteiger partial charge in [0.2, 0.25) is 0 Å². The van der Waals surface area contributed by atoms with E-state index in [4.69, 9.17) is 11.6 Å². The summed E-state index contributed by atoms with van der Waals surface area (Å²) in [6, 6.07) is 13.5. The third-order valence-corrected chi connectivity index (χ3v) is 8.15. The number of aryl methyl sites for hydroxylation is 3. The van der Waals surface area contributed by atoms with Crippen molar-refractivity contribution in [1.82, 2.24) is 24.2 Å². The van der Waals surface area contributed by atoms with Crippen molar-refractivity contribution in [1.29, 1.82) is 0 Å². The molecule has 1 N–H and O–H groups in total. The number of aromatic nitrogens is 4. The molecule has 0 aliphatic carbocycles. The number of nitrogens with one attached hydrogen (secondary N) is 1. The normalized spacial score (nSPS) is 15.3. The molecule has 1 unspecified atom stereocenters. The molecule has 0 saturated carbocycles. The third kappa shape index (κ3) is 3.66. The van der Waals surface area contributed by atoms with Crippen LogP contribution in [0.2, 0.25) is 5.15 Å². The first-order valence-corrected chi connectivity index (χ1v) is 13.5. The van der Waals surface area contributed by atoms with Crippen molar-refractivity contribution in [3.63, 3.8) is 0 Å². The SMILES string of the molecule is Cc1cc(C(C)Nc2ccc(Cl)nc2-c2ccc3c(c2)CN(C)C3=O)c2c(c1)c(=O)n1c3c2cnn3CCC1. The summed E-state index contributed by atoms with van der Waals surface area (Å²) in [5, 5.41) is 11.3. The van der Waals surface area contributed by atoms with Crippen LogP contribution in [0, 0.1) is 6.92 Å². The van der Waals surface area contributed by atoms with Crippen LogP contribution < -0.4 is 10.9 Å². The average Bonchev–Trinajstić information content (AvgIpc) is 3.48. The van der Waals surface area contributed by atoms with E-state index in [0.717, 1.165) is 68.3 Å². The zero-order valence-electron chi connectivity index (χ0n) is 22.0.